The lowest BCUT2D eigenvalue weighted by Crippen LogP contribution is -2.23. The molecule has 4 nitrogen and oxygen atoms in total. The van der Waals surface area contributed by atoms with Gasteiger partial charge in [-0.05, 0) is 49.2 Å². The highest BCUT2D eigenvalue weighted by Gasteiger charge is 2.54. The number of rotatable bonds is 2. The van der Waals surface area contributed by atoms with Gasteiger partial charge < -0.3 is 9.84 Å². The molecule has 0 bridgehead atoms. The molecule has 1 saturated heterocycles. The zero-order valence-corrected chi connectivity index (χ0v) is 11.0. The molecule has 94 valence electrons. The molecule has 5 heteroatoms. The van der Waals surface area contributed by atoms with Crippen LogP contribution in [0.3, 0.4) is 0 Å². The lowest BCUT2D eigenvalue weighted by atomic mass is 10.2. The Balaban J connectivity index is 1.61. The zero-order valence-electron chi connectivity index (χ0n) is 10.2. The smallest absolute Gasteiger partial charge is 0.230 e. The monoisotopic (exact) mass is 261 g/mol. The standard InChI is InChI=1S/C13H15N3OS/c1-7-5-18-6-10(7)12-15-13(17-16-12)11-8-2-3-14-4-9(8)11/h5-6,8-9,11,14H,2-4H2,1H3/t8-,9+,11?/m1/s1. The maximum atomic E-state index is 5.48. The number of nitrogens with one attached hydrogen (secondary N) is 1. The fourth-order valence-corrected chi connectivity index (χ4v) is 3.92. The first-order chi connectivity index (χ1) is 8.84. The molecule has 18 heavy (non-hydrogen) atoms. The number of aryl methyl sites for hydroxylation is 1. The Morgan fingerprint density at radius 2 is 2.33 bits per heavy atom. The van der Waals surface area contributed by atoms with Gasteiger partial charge in [0.1, 0.15) is 0 Å². The molecular weight excluding hydrogens is 246 g/mol. The summed E-state index contributed by atoms with van der Waals surface area (Å²) < 4.78 is 5.48. The van der Waals surface area contributed by atoms with Crippen molar-refractivity contribution in [2.45, 2.75) is 19.3 Å². The van der Waals surface area contributed by atoms with Gasteiger partial charge in [-0.3, -0.25) is 0 Å². The highest BCUT2D eigenvalue weighted by molar-refractivity contribution is 7.08. The van der Waals surface area contributed by atoms with Crippen molar-refractivity contribution in [3.63, 3.8) is 0 Å². The minimum Gasteiger partial charge on any atom is -0.339 e. The summed E-state index contributed by atoms with van der Waals surface area (Å²) in [6, 6.07) is 0. The van der Waals surface area contributed by atoms with Gasteiger partial charge in [-0.15, -0.1) is 0 Å². The van der Waals surface area contributed by atoms with Crippen LogP contribution in [0.4, 0.5) is 0 Å². The van der Waals surface area contributed by atoms with Crippen LogP contribution in [0.15, 0.2) is 15.3 Å². The van der Waals surface area contributed by atoms with Crippen molar-refractivity contribution in [2.24, 2.45) is 11.8 Å². The normalized spacial score (nSPS) is 30.2. The lowest BCUT2D eigenvalue weighted by molar-refractivity contribution is 0.374. The molecule has 3 heterocycles. The molecule has 1 saturated carbocycles. The van der Waals surface area contributed by atoms with Crippen LogP contribution in [0.25, 0.3) is 11.4 Å². The molecule has 2 aromatic heterocycles. The van der Waals surface area contributed by atoms with Crippen molar-refractivity contribution in [3.8, 4) is 11.4 Å². The van der Waals surface area contributed by atoms with Crippen LogP contribution in [0.2, 0.25) is 0 Å². The molecule has 1 aliphatic carbocycles. The highest BCUT2D eigenvalue weighted by Crippen LogP contribution is 2.56. The minimum absolute atomic E-state index is 0.500. The SMILES string of the molecule is Cc1cscc1-c1noc(C2[C@H]3CNCC[C@@H]23)n1. The topological polar surface area (TPSA) is 51.0 Å². The van der Waals surface area contributed by atoms with E-state index in [0.29, 0.717) is 5.92 Å². The molecule has 2 aromatic rings. The number of hydrogen-bond acceptors (Lipinski definition) is 5. The summed E-state index contributed by atoms with van der Waals surface area (Å²) in [5, 5.41) is 11.8. The van der Waals surface area contributed by atoms with Crippen LogP contribution >= 0.6 is 11.3 Å². The second kappa shape index (κ2) is 3.90. The van der Waals surface area contributed by atoms with E-state index in [4.69, 9.17) is 4.52 Å². The molecule has 0 radical (unpaired) electrons. The van der Waals surface area contributed by atoms with Crippen LogP contribution in [-0.4, -0.2) is 23.2 Å². The fraction of sp³-hybridized carbons (Fsp3) is 0.538. The van der Waals surface area contributed by atoms with Gasteiger partial charge in [0.25, 0.3) is 0 Å². The third kappa shape index (κ3) is 1.54. The van der Waals surface area contributed by atoms with Crippen molar-refractivity contribution < 1.29 is 4.52 Å². The predicted molar refractivity (Wildman–Crippen MR) is 69.6 cm³/mol. The van der Waals surface area contributed by atoms with Crippen LogP contribution < -0.4 is 5.32 Å². The van der Waals surface area contributed by atoms with Crippen LogP contribution in [-0.2, 0) is 0 Å². The first-order valence-corrected chi connectivity index (χ1v) is 7.36. The third-order valence-corrected chi connectivity index (χ3v) is 5.05. The van der Waals surface area contributed by atoms with Crippen molar-refractivity contribution >= 4 is 11.3 Å². The molecule has 1 unspecified atom stereocenters. The van der Waals surface area contributed by atoms with E-state index in [0.717, 1.165) is 42.2 Å². The van der Waals surface area contributed by atoms with Crippen LogP contribution in [0.1, 0.15) is 23.8 Å². The molecule has 0 amide bonds. The Labute approximate surface area is 109 Å². The van der Waals surface area contributed by atoms with Gasteiger partial charge in [0.2, 0.25) is 11.7 Å². The van der Waals surface area contributed by atoms with E-state index in [1.807, 2.05) is 0 Å². The molecule has 2 fully saturated rings. The molecule has 0 aromatic carbocycles. The predicted octanol–water partition coefficient (Wildman–Crippen LogP) is 2.43. The molecule has 3 atom stereocenters. The van der Waals surface area contributed by atoms with Gasteiger partial charge in [0.05, 0.1) is 0 Å². The quantitative estimate of drug-likeness (QED) is 0.902. The van der Waals surface area contributed by atoms with Gasteiger partial charge in [-0.2, -0.15) is 16.3 Å². The second-order valence-corrected chi connectivity index (χ2v) is 6.01. The fourth-order valence-electron chi connectivity index (χ4n) is 3.09. The average molecular weight is 261 g/mol. The van der Waals surface area contributed by atoms with Crippen molar-refractivity contribution in [2.75, 3.05) is 13.1 Å². The molecule has 4 rings (SSSR count). The van der Waals surface area contributed by atoms with Gasteiger partial charge >= 0.3 is 0 Å². The van der Waals surface area contributed by atoms with E-state index in [1.165, 1.54) is 12.0 Å². The van der Waals surface area contributed by atoms with E-state index in [2.05, 4.69) is 33.1 Å². The summed E-state index contributed by atoms with van der Waals surface area (Å²) in [5.74, 6) is 3.58. The number of hydrogen-bond donors (Lipinski definition) is 1. The number of piperidine rings is 1. The molecule has 1 aliphatic heterocycles. The minimum atomic E-state index is 0.500. The Morgan fingerprint density at radius 1 is 1.39 bits per heavy atom. The summed E-state index contributed by atoms with van der Waals surface area (Å²) in [6.45, 7) is 4.31. The number of fused-ring (bicyclic) bond motifs is 1. The van der Waals surface area contributed by atoms with Crippen molar-refractivity contribution in [3.05, 3.63) is 22.2 Å². The number of aromatic nitrogens is 2. The van der Waals surface area contributed by atoms with E-state index in [9.17, 15) is 0 Å². The van der Waals surface area contributed by atoms with E-state index in [-0.39, 0.29) is 0 Å². The number of thiophene rings is 1. The molecule has 2 aliphatic rings. The summed E-state index contributed by atoms with van der Waals surface area (Å²) >= 11 is 1.68. The largest absolute Gasteiger partial charge is 0.339 e. The van der Waals surface area contributed by atoms with E-state index in [1.54, 1.807) is 11.3 Å². The van der Waals surface area contributed by atoms with E-state index < -0.39 is 0 Å². The Bertz CT molecular complexity index is 564. The van der Waals surface area contributed by atoms with Crippen molar-refractivity contribution in [1.82, 2.24) is 15.5 Å². The molecule has 1 N–H and O–H groups in total. The van der Waals surface area contributed by atoms with Crippen molar-refractivity contribution in [1.29, 1.82) is 0 Å². The summed E-state index contributed by atoms with van der Waals surface area (Å²) in [7, 11) is 0. The summed E-state index contributed by atoms with van der Waals surface area (Å²) in [5.41, 5.74) is 2.33. The Morgan fingerprint density at radius 3 is 3.06 bits per heavy atom. The Hall–Kier alpha value is -1.20. The lowest BCUT2D eigenvalue weighted by Gasteiger charge is -2.07. The first-order valence-electron chi connectivity index (χ1n) is 6.42. The zero-order chi connectivity index (χ0) is 12.1. The third-order valence-electron chi connectivity index (χ3n) is 4.19. The maximum absolute atomic E-state index is 5.48. The highest BCUT2D eigenvalue weighted by atomic mass is 32.1. The molecular formula is C13H15N3OS. The van der Waals surface area contributed by atoms with Gasteiger partial charge in [0, 0.05) is 16.9 Å². The van der Waals surface area contributed by atoms with E-state index >= 15 is 0 Å². The van der Waals surface area contributed by atoms with Gasteiger partial charge in [-0.25, -0.2) is 0 Å². The Kier molecular flexibility index (Phi) is 2.32. The first kappa shape index (κ1) is 10.7. The summed E-state index contributed by atoms with van der Waals surface area (Å²) in [4.78, 5) is 4.60. The summed E-state index contributed by atoms with van der Waals surface area (Å²) in [6.07, 6.45) is 1.24. The van der Waals surface area contributed by atoms with Gasteiger partial charge in [-0.1, -0.05) is 5.16 Å². The van der Waals surface area contributed by atoms with Crippen LogP contribution in [0, 0.1) is 18.8 Å². The van der Waals surface area contributed by atoms with Crippen LogP contribution in [0.5, 0.6) is 0 Å². The second-order valence-electron chi connectivity index (χ2n) is 5.27. The maximum Gasteiger partial charge on any atom is 0.230 e. The number of nitrogens with zero attached hydrogens (tertiary/aromatic N) is 2. The van der Waals surface area contributed by atoms with Gasteiger partial charge in [0.15, 0.2) is 0 Å². The average Bonchev–Trinajstić information content (AvgIpc) is 2.73. The molecule has 0 spiro atoms.